The van der Waals surface area contributed by atoms with Crippen LogP contribution in [0.4, 0.5) is 0 Å². The van der Waals surface area contributed by atoms with Crippen LogP contribution < -0.4 is 5.32 Å². The molecule has 0 aliphatic carbocycles. The van der Waals surface area contributed by atoms with Gasteiger partial charge in [-0.15, -0.1) is 6.58 Å². The van der Waals surface area contributed by atoms with Gasteiger partial charge in [-0.25, -0.2) is 0 Å². The molecule has 0 aromatic carbocycles. The van der Waals surface area contributed by atoms with Crippen LogP contribution in [-0.2, 0) is 4.74 Å². The van der Waals surface area contributed by atoms with Gasteiger partial charge >= 0.3 is 0 Å². The second-order valence-corrected chi connectivity index (χ2v) is 3.12. The Morgan fingerprint density at radius 1 is 1.38 bits per heavy atom. The summed E-state index contributed by atoms with van der Waals surface area (Å²) in [6, 6.07) is 0.296. The predicted molar refractivity (Wildman–Crippen MR) is 58.0 cm³/mol. The molecule has 0 rings (SSSR count). The lowest BCUT2D eigenvalue weighted by Crippen LogP contribution is -2.39. The average molecular weight is 185 g/mol. The number of rotatable bonds is 8. The summed E-state index contributed by atoms with van der Waals surface area (Å²) in [5, 5.41) is 3.41. The van der Waals surface area contributed by atoms with Crippen molar-refractivity contribution in [3.63, 3.8) is 0 Å². The van der Waals surface area contributed by atoms with Crippen molar-refractivity contribution in [2.24, 2.45) is 0 Å². The van der Waals surface area contributed by atoms with Crippen LogP contribution in [0.25, 0.3) is 0 Å². The van der Waals surface area contributed by atoms with Crippen LogP contribution in [0.3, 0.4) is 0 Å². The first kappa shape index (κ1) is 12.7. The summed E-state index contributed by atoms with van der Waals surface area (Å²) >= 11 is 0. The third kappa shape index (κ3) is 5.06. The Labute approximate surface area is 82.4 Å². The zero-order valence-electron chi connectivity index (χ0n) is 9.18. The molecule has 0 spiro atoms. The van der Waals surface area contributed by atoms with Gasteiger partial charge in [0.1, 0.15) is 0 Å². The van der Waals surface area contributed by atoms with Gasteiger partial charge in [-0.2, -0.15) is 0 Å². The van der Waals surface area contributed by atoms with Crippen LogP contribution in [0, 0.1) is 0 Å². The molecule has 0 aromatic rings. The van der Waals surface area contributed by atoms with E-state index in [0.717, 1.165) is 26.0 Å². The Morgan fingerprint density at radius 3 is 2.46 bits per heavy atom. The summed E-state index contributed by atoms with van der Waals surface area (Å²) < 4.78 is 5.61. The quantitative estimate of drug-likeness (QED) is 0.586. The second-order valence-electron chi connectivity index (χ2n) is 3.12. The summed E-state index contributed by atoms with van der Waals surface area (Å²) in [6.45, 7) is 12.0. The Balaban J connectivity index is 3.92. The lowest BCUT2D eigenvalue weighted by Gasteiger charge is -2.24. The van der Waals surface area contributed by atoms with E-state index in [-0.39, 0.29) is 6.10 Å². The maximum absolute atomic E-state index is 5.61. The zero-order valence-corrected chi connectivity index (χ0v) is 9.18. The van der Waals surface area contributed by atoms with E-state index in [9.17, 15) is 0 Å². The van der Waals surface area contributed by atoms with Crippen LogP contribution in [0.15, 0.2) is 12.7 Å². The lowest BCUT2D eigenvalue weighted by molar-refractivity contribution is 0.0435. The van der Waals surface area contributed by atoms with Gasteiger partial charge in [-0.3, -0.25) is 0 Å². The molecule has 2 nitrogen and oxygen atoms in total. The molecule has 0 bridgehead atoms. The van der Waals surface area contributed by atoms with E-state index in [1.807, 2.05) is 13.0 Å². The highest BCUT2D eigenvalue weighted by Gasteiger charge is 2.15. The molecule has 2 unspecified atom stereocenters. The molecule has 0 aromatic heterocycles. The van der Waals surface area contributed by atoms with E-state index < -0.39 is 0 Å². The first-order valence-electron chi connectivity index (χ1n) is 5.27. The molecule has 0 aliphatic heterocycles. The summed E-state index contributed by atoms with van der Waals surface area (Å²) in [7, 11) is 0. The molecule has 13 heavy (non-hydrogen) atoms. The van der Waals surface area contributed by atoms with Crippen molar-refractivity contribution in [1.29, 1.82) is 0 Å². The molecular formula is C11H23NO. The van der Waals surface area contributed by atoms with Crippen LogP contribution in [0.5, 0.6) is 0 Å². The van der Waals surface area contributed by atoms with E-state index in [1.165, 1.54) is 0 Å². The average Bonchev–Trinajstić information content (AvgIpc) is 2.17. The SMILES string of the molecule is C=CC(NCCC)C(CC)OCC. The van der Waals surface area contributed by atoms with Crippen molar-refractivity contribution in [3.8, 4) is 0 Å². The van der Waals surface area contributed by atoms with Gasteiger partial charge < -0.3 is 10.1 Å². The van der Waals surface area contributed by atoms with Gasteiger partial charge in [0.15, 0.2) is 0 Å². The van der Waals surface area contributed by atoms with Gasteiger partial charge in [-0.1, -0.05) is 19.9 Å². The van der Waals surface area contributed by atoms with Gasteiger partial charge in [0, 0.05) is 6.61 Å². The van der Waals surface area contributed by atoms with Crippen molar-refractivity contribution < 1.29 is 4.74 Å². The van der Waals surface area contributed by atoms with Crippen LogP contribution >= 0.6 is 0 Å². The molecule has 0 saturated carbocycles. The third-order valence-electron chi connectivity index (χ3n) is 2.07. The standard InChI is InChI=1S/C11H23NO/c1-5-9-12-10(6-2)11(7-3)13-8-4/h6,10-12H,2,5,7-9H2,1,3-4H3. The Hall–Kier alpha value is -0.340. The van der Waals surface area contributed by atoms with Crippen LogP contribution in [-0.4, -0.2) is 25.3 Å². The van der Waals surface area contributed by atoms with E-state index in [0.29, 0.717) is 6.04 Å². The topological polar surface area (TPSA) is 21.3 Å². The molecule has 78 valence electrons. The van der Waals surface area contributed by atoms with Crippen LogP contribution in [0.1, 0.15) is 33.6 Å². The third-order valence-corrected chi connectivity index (χ3v) is 2.07. The normalized spacial score (nSPS) is 15.3. The Bertz CT molecular complexity index is 125. The minimum atomic E-state index is 0.272. The number of hydrogen-bond acceptors (Lipinski definition) is 2. The highest BCUT2D eigenvalue weighted by molar-refractivity contribution is 4.91. The fourth-order valence-electron chi connectivity index (χ4n) is 1.37. The van der Waals surface area contributed by atoms with E-state index >= 15 is 0 Å². The largest absolute Gasteiger partial charge is 0.377 e. The lowest BCUT2D eigenvalue weighted by atomic mass is 10.1. The Kier molecular flexibility index (Phi) is 8.05. The molecule has 0 saturated heterocycles. The maximum Gasteiger partial charge on any atom is 0.0760 e. The number of nitrogens with one attached hydrogen (secondary N) is 1. The molecule has 0 fully saturated rings. The summed E-state index contributed by atoms with van der Waals surface area (Å²) in [5.74, 6) is 0. The molecular weight excluding hydrogens is 162 g/mol. The van der Waals surface area contributed by atoms with Crippen molar-refractivity contribution in [2.75, 3.05) is 13.2 Å². The van der Waals surface area contributed by atoms with Gasteiger partial charge in [0.2, 0.25) is 0 Å². The van der Waals surface area contributed by atoms with E-state index in [4.69, 9.17) is 4.74 Å². The highest BCUT2D eigenvalue weighted by Crippen LogP contribution is 2.05. The predicted octanol–water partition coefficient (Wildman–Crippen LogP) is 2.36. The van der Waals surface area contributed by atoms with Gasteiger partial charge in [0.05, 0.1) is 12.1 Å². The highest BCUT2D eigenvalue weighted by atomic mass is 16.5. The molecule has 2 heteroatoms. The first-order valence-corrected chi connectivity index (χ1v) is 5.27. The fourth-order valence-corrected chi connectivity index (χ4v) is 1.37. The zero-order chi connectivity index (χ0) is 10.1. The molecule has 0 heterocycles. The number of hydrogen-bond donors (Lipinski definition) is 1. The van der Waals surface area contributed by atoms with E-state index in [2.05, 4.69) is 25.7 Å². The van der Waals surface area contributed by atoms with Crippen molar-refractivity contribution in [3.05, 3.63) is 12.7 Å². The second kappa shape index (κ2) is 8.27. The maximum atomic E-state index is 5.61. The minimum absolute atomic E-state index is 0.272. The smallest absolute Gasteiger partial charge is 0.0760 e. The summed E-state index contributed by atoms with van der Waals surface area (Å²) in [6.07, 6.45) is 4.39. The minimum Gasteiger partial charge on any atom is -0.377 e. The van der Waals surface area contributed by atoms with Gasteiger partial charge in [-0.05, 0) is 26.3 Å². The molecule has 0 radical (unpaired) electrons. The molecule has 1 N–H and O–H groups in total. The first-order chi connectivity index (χ1) is 6.29. The van der Waals surface area contributed by atoms with E-state index in [1.54, 1.807) is 0 Å². The summed E-state index contributed by atoms with van der Waals surface area (Å²) in [4.78, 5) is 0. The van der Waals surface area contributed by atoms with Crippen molar-refractivity contribution in [2.45, 2.75) is 45.8 Å². The molecule has 2 atom stereocenters. The summed E-state index contributed by atoms with van der Waals surface area (Å²) in [5.41, 5.74) is 0. The number of ether oxygens (including phenoxy) is 1. The molecule has 0 amide bonds. The van der Waals surface area contributed by atoms with Crippen molar-refractivity contribution >= 4 is 0 Å². The van der Waals surface area contributed by atoms with Gasteiger partial charge in [0.25, 0.3) is 0 Å². The monoisotopic (exact) mass is 185 g/mol. The fraction of sp³-hybridized carbons (Fsp3) is 0.818. The molecule has 0 aliphatic rings. The Morgan fingerprint density at radius 2 is 2.08 bits per heavy atom. The van der Waals surface area contributed by atoms with Crippen molar-refractivity contribution in [1.82, 2.24) is 5.32 Å². The van der Waals surface area contributed by atoms with Crippen LogP contribution in [0.2, 0.25) is 0 Å².